The number of nitrogens with one attached hydrogen (secondary N) is 1. The third kappa shape index (κ3) is 5.87. The zero-order chi connectivity index (χ0) is 22.4. The highest BCUT2D eigenvalue weighted by Crippen LogP contribution is 2.27. The minimum atomic E-state index is -0.492. The van der Waals surface area contributed by atoms with Crippen LogP contribution in [0.1, 0.15) is 21.1 Å². The summed E-state index contributed by atoms with van der Waals surface area (Å²) in [6, 6.07) is 5.82. The highest BCUT2D eigenvalue weighted by molar-refractivity contribution is 7.20. The number of rotatable bonds is 10. The Hall–Kier alpha value is -2.82. The molecule has 0 unspecified atom stereocenters. The van der Waals surface area contributed by atoms with Crippen molar-refractivity contribution in [1.82, 2.24) is 14.9 Å². The Morgan fingerprint density at radius 1 is 1.23 bits per heavy atom. The molecule has 0 aliphatic heterocycles. The molecular formula is C21H24FN3O5S. The topological polar surface area (TPSA) is 93.8 Å². The van der Waals surface area contributed by atoms with Crippen molar-refractivity contribution < 1.29 is 23.4 Å². The third-order valence-electron chi connectivity index (χ3n) is 4.53. The molecule has 1 N–H and O–H groups in total. The van der Waals surface area contributed by atoms with Gasteiger partial charge in [-0.25, -0.2) is 14.2 Å². The minimum absolute atomic E-state index is 0.142. The first kappa shape index (κ1) is 22.9. The maximum atomic E-state index is 12.9. The van der Waals surface area contributed by atoms with Crippen molar-refractivity contribution in [2.45, 2.75) is 13.5 Å². The monoisotopic (exact) mass is 449 g/mol. The van der Waals surface area contributed by atoms with Crippen LogP contribution in [0.2, 0.25) is 0 Å². The smallest absolute Gasteiger partial charge is 0.348 e. The number of likely N-dealkylation sites (N-methyl/N-ethyl adjacent to an activating group) is 1. The lowest BCUT2D eigenvalue weighted by Crippen LogP contribution is -2.26. The van der Waals surface area contributed by atoms with Crippen molar-refractivity contribution in [3.63, 3.8) is 0 Å². The van der Waals surface area contributed by atoms with E-state index in [2.05, 4.69) is 9.97 Å². The molecule has 0 atom stereocenters. The lowest BCUT2D eigenvalue weighted by atomic mass is 10.2. The minimum Gasteiger partial charge on any atom is -0.492 e. The molecule has 0 radical (unpaired) electrons. The number of carbonyl (C=O) groups is 1. The van der Waals surface area contributed by atoms with Crippen molar-refractivity contribution in [3.05, 3.63) is 56.7 Å². The van der Waals surface area contributed by atoms with Gasteiger partial charge in [-0.15, -0.1) is 11.3 Å². The number of hydrogen-bond donors (Lipinski definition) is 1. The van der Waals surface area contributed by atoms with Crippen LogP contribution in [0.4, 0.5) is 4.39 Å². The number of aryl methyl sites for hydroxylation is 1. The highest BCUT2D eigenvalue weighted by Gasteiger charge is 2.20. The summed E-state index contributed by atoms with van der Waals surface area (Å²) < 4.78 is 28.6. The highest BCUT2D eigenvalue weighted by atomic mass is 32.1. The Morgan fingerprint density at radius 3 is 2.68 bits per heavy atom. The van der Waals surface area contributed by atoms with E-state index in [4.69, 9.17) is 14.2 Å². The second-order valence-corrected chi connectivity index (χ2v) is 7.92. The fraction of sp³-hybridized carbons (Fsp3) is 0.381. The van der Waals surface area contributed by atoms with Crippen LogP contribution in [0.15, 0.2) is 29.1 Å². The summed E-state index contributed by atoms with van der Waals surface area (Å²) in [5, 5.41) is 0.398. The molecule has 0 bridgehead atoms. The first-order valence-corrected chi connectivity index (χ1v) is 10.5. The lowest BCUT2D eigenvalue weighted by molar-refractivity contribution is 0.0393. The summed E-state index contributed by atoms with van der Waals surface area (Å²) >= 11 is 1.14. The molecular weight excluding hydrogens is 425 g/mol. The number of methoxy groups -OCH3 is 1. The van der Waals surface area contributed by atoms with Gasteiger partial charge in [0.15, 0.2) is 0 Å². The Bertz CT molecular complexity index is 1100. The molecule has 0 aliphatic rings. The van der Waals surface area contributed by atoms with Gasteiger partial charge in [-0.3, -0.25) is 9.69 Å². The van der Waals surface area contributed by atoms with Gasteiger partial charge in [0, 0.05) is 13.7 Å². The summed E-state index contributed by atoms with van der Waals surface area (Å²) in [7, 11) is 3.39. The normalized spacial score (nSPS) is 11.3. The number of hydrogen-bond acceptors (Lipinski definition) is 8. The van der Waals surface area contributed by atoms with E-state index in [-0.39, 0.29) is 18.0 Å². The molecule has 8 nitrogen and oxygen atoms in total. The molecule has 0 saturated heterocycles. The molecule has 2 aromatic heterocycles. The number of benzene rings is 1. The SMILES string of the molecule is COCCOC(=O)c1sc2nc(CN(C)CCOc3ccc(F)cc3)[nH]c(=O)c2c1C. The van der Waals surface area contributed by atoms with Crippen LogP contribution in [0, 0.1) is 12.7 Å². The van der Waals surface area contributed by atoms with Crippen LogP contribution in [0.25, 0.3) is 10.2 Å². The van der Waals surface area contributed by atoms with E-state index in [9.17, 15) is 14.0 Å². The molecule has 31 heavy (non-hydrogen) atoms. The molecule has 2 heterocycles. The zero-order valence-electron chi connectivity index (χ0n) is 17.6. The van der Waals surface area contributed by atoms with Crippen molar-refractivity contribution in [2.75, 3.05) is 40.5 Å². The first-order valence-electron chi connectivity index (χ1n) is 9.64. The molecule has 3 aromatic rings. The van der Waals surface area contributed by atoms with Gasteiger partial charge in [0.2, 0.25) is 0 Å². The predicted octanol–water partition coefficient (Wildman–Crippen LogP) is 2.75. The van der Waals surface area contributed by atoms with Gasteiger partial charge < -0.3 is 19.2 Å². The van der Waals surface area contributed by atoms with Gasteiger partial charge >= 0.3 is 5.97 Å². The summed E-state index contributed by atoms with van der Waals surface area (Å²) in [6.07, 6.45) is 0. The number of ether oxygens (including phenoxy) is 3. The van der Waals surface area contributed by atoms with Gasteiger partial charge in [-0.05, 0) is 43.8 Å². The van der Waals surface area contributed by atoms with E-state index in [0.29, 0.717) is 58.5 Å². The number of aromatic amines is 1. The number of aromatic nitrogens is 2. The van der Waals surface area contributed by atoms with Gasteiger partial charge in [0.05, 0.1) is 18.5 Å². The maximum Gasteiger partial charge on any atom is 0.348 e. The van der Waals surface area contributed by atoms with Crippen molar-refractivity contribution in [2.24, 2.45) is 0 Å². The average Bonchev–Trinajstić information content (AvgIpc) is 3.06. The van der Waals surface area contributed by atoms with Gasteiger partial charge in [-0.1, -0.05) is 0 Å². The summed E-state index contributed by atoms with van der Waals surface area (Å²) in [6.45, 7) is 3.51. The fourth-order valence-corrected chi connectivity index (χ4v) is 4.02. The molecule has 10 heteroatoms. The molecule has 0 saturated carbocycles. The van der Waals surface area contributed by atoms with Gasteiger partial charge in [0.1, 0.15) is 40.3 Å². The summed E-state index contributed by atoms with van der Waals surface area (Å²) in [4.78, 5) is 35.0. The Labute approximate surface area is 182 Å². The second-order valence-electron chi connectivity index (χ2n) is 6.92. The van der Waals surface area contributed by atoms with E-state index in [1.807, 2.05) is 11.9 Å². The first-order chi connectivity index (χ1) is 14.9. The lowest BCUT2D eigenvalue weighted by Gasteiger charge is -2.16. The van der Waals surface area contributed by atoms with Crippen molar-refractivity contribution in [1.29, 1.82) is 0 Å². The van der Waals surface area contributed by atoms with E-state index >= 15 is 0 Å². The summed E-state index contributed by atoms with van der Waals surface area (Å²) in [5.41, 5.74) is 0.268. The van der Waals surface area contributed by atoms with Crippen LogP contribution in [0.5, 0.6) is 5.75 Å². The summed E-state index contributed by atoms with van der Waals surface area (Å²) in [5.74, 6) is 0.266. The maximum absolute atomic E-state index is 12.9. The number of fused-ring (bicyclic) bond motifs is 1. The molecule has 3 rings (SSSR count). The van der Waals surface area contributed by atoms with E-state index < -0.39 is 5.97 Å². The average molecular weight is 450 g/mol. The largest absolute Gasteiger partial charge is 0.492 e. The van der Waals surface area contributed by atoms with E-state index in [0.717, 1.165) is 11.3 Å². The molecule has 166 valence electrons. The molecule has 0 fully saturated rings. The molecule has 0 spiro atoms. The Kier molecular flexibility index (Phi) is 7.72. The van der Waals surface area contributed by atoms with Crippen LogP contribution >= 0.6 is 11.3 Å². The van der Waals surface area contributed by atoms with Crippen molar-refractivity contribution in [3.8, 4) is 5.75 Å². The van der Waals surface area contributed by atoms with Crippen LogP contribution in [0.3, 0.4) is 0 Å². The van der Waals surface area contributed by atoms with Gasteiger partial charge in [0.25, 0.3) is 5.56 Å². The van der Waals surface area contributed by atoms with Crippen molar-refractivity contribution >= 4 is 27.5 Å². The predicted molar refractivity (Wildman–Crippen MR) is 115 cm³/mol. The zero-order valence-corrected chi connectivity index (χ0v) is 18.4. The number of thiophene rings is 1. The molecule has 1 aromatic carbocycles. The van der Waals surface area contributed by atoms with E-state index in [1.165, 1.54) is 19.2 Å². The number of H-pyrrole nitrogens is 1. The van der Waals surface area contributed by atoms with Crippen LogP contribution in [-0.4, -0.2) is 61.4 Å². The standard InChI is InChI=1S/C21H24FN3O5S/c1-13-17-19(26)23-16(24-20(17)31-18(13)21(27)30-11-10-28-3)12-25(2)8-9-29-15-6-4-14(22)5-7-15/h4-7H,8-12H2,1-3H3,(H,23,24,26). The molecule has 0 aliphatic carbocycles. The number of nitrogens with zero attached hydrogens (tertiary/aromatic N) is 2. The Balaban J connectivity index is 1.64. The van der Waals surface area contributed by atoms with Crippen LogP contribution < -0.4 is 10.3 Å². The number of halogens is 1. The fourth-order valence-electron chi connectivity index (χ4n) is 2.93. The molecule has 0 amide bonds. The van der Waals surface area contributed by atoms with E-state index in [1.54, 1.807) is 19.1 Å². The Morgan fingerprint density at radius 2 is 1.97 bits per heavy atom. The van der Waals surface area contributed by atoms with Crippen LogP contribution in [-0.2, 0) is 16.0 Å². The third-order valence-corrected chi connectivity index (χ3v) is 5.70. The number of esters is 1. The quantitative estimate of drug-likeness (QED) is 0.376. The number of carbonyl (C=O) groups excluding carboxylic acids is 1. The second kappa shape index (κ2) is 10.5. The van der Waals surface area contributed by atoms with Gasteiger partial charge in [-0.2, -0.15) is 0 Å².